The van der Waals surface area contributed by atoms with Crippen LogP contribution in [0, 0.1) is 0 Å². The topological polar surface area (TPSA) is 9.23 Å². The molecule has 11 heavy (non-hydrogen) atoms. The van der Waals surface area contributed by atoms with Crippen molar-refractivity contribution in [2.24, 2.45) is 0 Å². The SMILES string of the molecule is CCP(OC)c1ccccc1. The highest BCUT2D eigenvalue weighted by Crippen LogP contribution is 2.33. The molecule has 0 saturated heterocycles. The minimum Gasteiger partial charge on any atom is -0.358 e. The zero-order valence-electron chi connectivity index (χ0n) is 6.95. The summed E-state index contributed by atoms with van der Waals surface area (Å²) in [4.78, 5) is 0. The number of rotatable bonds is 3. The summed E-state index contributed by atoms with van der Waals surface area (Å²) in [6, 6.07) is 10.4. The van der Waals surface area contributed by atoms with Crippen molar-refractivity contribution in [1.82, 2.24) is 0 Å². The first kappa shape index (κ1) is 8.70. The fourth-order valence-corrected chi connectivity index (χ4v) is 2.35. The van der Waals surface area contributed by atoms with E-state index in [0.29, 0.717) is 0 Å². The second-order valence-corrected chi connectivity index (χ2v) is 4.48. The first-order chi connectivity index (χ1) is 5.38. The van der Waals surface area contributed by atoms with E-state index < -0.39 is 0 Å². The Bertz CT molecular complexity index is 194. The maximum atomic E-state index is 5.35. The zero-order valence-corrected chi connectivity index (χ0v) is 7.84. The van der Waals surface area contributed by atoms with Gasteiger partial charge in [0, 0.05) is 12.4 Å². The standard InChI is InChI=1S/C9H13OP/c1-3-11(10-2)9-7-5-4-6-8-9/h4-8H,3H2,1-2H3. The van der Waals surface area contributed by atoms with E-state index in [1.54, 1.807) is 7.11 Å². The maximum Gasteiger partial charge on any atom is 0.0596 e. The molecule has 0 radical (unpaired) electrons. The average Bonchev–Trinajstić information content (AvgIpc) is 2.09. The number of hydrogen-bond donors (Lipinski definition) is 0. The van der Waals surface area contributed by atoms with E-state index in [0.717, 1.165) is 6.16 Å². The summed E-state index contributed by atoms with van der Waals surface area (Å²) in [5.74, 6) is 0. The molecular formula is C9H13OP. The molecule has 0 aliphatic carbocycles. The molecule has 0 amide bonds. The lowest BCUT2D eigenvalue weighted by Gasteiger charge is -2.11. The Hall–Kier alpha value is -0.390. The van der Waals surface area contributed by atoms with E-state index >= 15 is 0 Å². The molecule has 0 spiro atoms. The van der Waals surface area contributed by atoms with Gasteiger partial charge in [-0.05, 0) is 6.16 Å². The van der Waals surface area contributed by atoms with Crippen LogP contribution in [0.15, 0.2) is 30.3 Å². The highest BCUT2D eigenvalue weighted by atomic mass is 31.1. The second-order valence-electron chi connectivity index (χ2n) is 2.21. The van der Waals surface area contributed by atoms with Crippen molar-refractivity contribution in [1.29, 1.82) is 0 Å². The van der Waals surface area contributed by atoms with Crippen LogP contribution in [0.5, 0.6) is 0 Å². The molecule has 2 heteroatoms. The molecule has 0 fully saturated rings. The smallest absolute Gasteiger partial charge is 0.0596 e. The fraction of sp³-hybridized carbons (Fsp3) is 0.333. The van der Waals surface area contributed by atoms with E-state index in [1.165, 1.54) is 5.30 Å². The van der Waals surface area contributed by atoms with Gasteiger partial charge in [-0.1, -0.05) is 37.3 Å². The molecule has 1 nitrogen and oxygen atoms in total. The Labute approximate surface area is 69.2 Å². The van der Waals surface area contributed by atoms with Crippen LogP contribution < -0.4 is 5.30 Å². The predicted molar refractivity (Wildman–Crippen MR) is 50.5 cm³/mol. The van der Waals surface area contributed by atoms with Gasteiger partial charge >= 0.3 is 0 Å². The van der Waals surface area contributed by atoms with Crippen LogP contribution in [0.25, 0.3) is 0 Å². The molecule has 0 saturated carbocycles. The van der Waals surface area contributed by atoms with Crippen LogP contribution >= 0.6 is 8.15 Å². The van der Waals surface area contributed by atoms with Gasteiger partial charge in [0.15, 0.2) is 0 Å². The van der Waals surface area contributed by atoms with Gasteiger partial charge in [0.25, 0.3) is 0 Å². The third-order valence-corrected chi connectivity index (χ3v) is 3.44. The van der Waals surface area contributed by atoms with Gasteiger partial charge in [-0.2, -0.15) is 0 Å². The van der Waals surface area contributed by atoms with Crippen LogP contribution in [-0.4, -0.2) is 13.3 Å². The van der Waals surface area contributed by atoms with Crippen molar-refractivity contribution < 1.29 is 4.52 Å². The van der Waals surface area contributed by atoms with Crippen molar-refractivity contribution >= 4 is 13.5 Å². The molecule has 0 N–H and O–H groups in total. The second kappa shape index (κ2) is 4.48. The Morgan fingerprint density at radius 3 is 2.36 bits per heavy atom. The van der Waals surface area contributed by atoms with Crippen molar-refractivity contribution in [3.63, 3.8) is 0 Å². The Kier molecular flexibility index (Phi) is 3.55. The summed E-state index contributed by atoms with van der Waals surface area (Å²) in [7, 11) is 1.43. The molecule has 1 aromatic rings. The van der Waals surface area contributed by atoms with Gasteiger partial charge in [0.05, 0.1) is 8.15 Å². The Morgan fingerprint density at radius 1 is 1.27 bits per heavy atom. The number of benzene rings is 1. The summed E-state index contributed by atoms with van der Waals surface area (Å²) in [5.41, 5.74) is 0. The highest BCUT2D eigenvalue weighted by molar-refractivity contribution is 7.60. The molecule has 0 heterocycles. The lowest BCUT2D eigenvalue weighted by molar-refractivity contribution is 0.468. The molecule has 1 rings (SSSR count). The van der Waals surface area contributed by atoms with Crippen LogP contribution in [-0.2, 0) is 4.52 Å². The maximum absolute atomic E-state index is 5.35. The van der Waals surface area contributed by atoms with Crippen LogP contribution in [0.2, 0.25) is 0 Å². The van der Waals surface area contributed by atoms with E-state index in [1.807, 2.05) is 6.07 Å². The Morgan fingerprint density at radius 2 is 1.91 bits per heavy atom. The van der Waals surface area contributed by atoms with E-state index in [9.17, 15) is 0 Å². The number of hydrogen-bond acceptors (Lipinski definition) is 1. The minimum absolute atomic E-state index is 0.351. The molecule has 1 aromatic carbocycles. The van der Waals surface area contributed by atoms with Crippen LogP contribution in [0.3, 0.4) is 0 Å². The predicted octanol–water partition coefficient (Wildman–Crippen LogP) is 2.38. The van der Waals surface area contributed by atoms with Gasteiger partial charge in [0.2, 0.25) is 0 Å². The summed E-state index contributed by atoms with van der Waals surface area (Å²) in [6.45, 7) is 2.15. The largest absolute Gasteiger partial charge is 0.358 e. The molecule has 0 aromatic heterocycles. The lowest BCUT2D eigenvalue weighted by Crippen LogP contribution is -2.01. The third kappa shape index (κ3) is 2.28. The van der Waals surface area contributed by atoms with E-state index in [4.69, 9.17) is 4.52 Å². The molecule has 0 aliphatic rings. The quantitative estimate of drug-likeness (QED) is 0.629. The monoisotopic (exact) mass is 168 g/mol. The van der Waals surface area contributed by atoms with Crippen LogP contribution in [0.4, 0.5) is 0 Å². The summed E-state index contributed by atoms with van der Waals surface area (Å²) in [6.07, 6.45) is 1.09. The first-order valence-electron chi connectivity index (χ1n) is 3.75. The summed E-state index contributed by atoms with van der Waals surface area (Å²) in [5, 5.41) is 1.33. The third-order valence-electron chi connectivity index (χ3n) is 1.55. The molecule has 1 atom stereocenters. The van der Waals surface area contributed by atoms with Gasteiger partial charge in [0.1, 0.15) is 0 Å². The van der Waals surface area contributed by atoms with Crippen LogP contribution in [0.1, 0.15) is 6.92 Å². The van der Waals surface area contributed by atoms with Crippen molar-refractivity contribution in [2.45, 2.75) is 6.92 Å². The highest BCUT2D eigenvalue weighted by Gasteiger charge is 2.05. The van der Waals surface area contributed by atoms with E-state index in [2.05, 4.69) is 31.2 Å². The summed E-state index contributed by atoms with van der Waals surface area (Å²) < 4.78 is 5.35. The minimum atomic E-state index is -0.351. The zero-order chi connectivity index (χ0) is 8.10. The van der Waals surface area contributed by atoms with Crippen molar-refractivity contribution in [3.8, 4) is 0 Å². The lowest BCUT2D eigenvalue weighted by atomic mass is 10.4. The van der Waals surface area contributed by atoms with Gasteiger partial charge < -0.3 is 4.52 Å². The molecular weight excluding hydrogens is 155 g/mol. The Balaban J connectivity index is 2.74. The molecule has 1 unspecified atom stereocenters. The van der Waals surface area contributed by atoms with Crippen molar-refractivity contribution in [3.05, 3.63) is 30.3 Å². The average molecular weight is 168 g/mol. The molecule has 0 aliphatic heterocycles. The van der Waals surface area contributed by atoms with Crippen molar-refractivity contribution in [2.75, 3.05) is 13.3 Å². The van der Waals surface area contributed by atoms with Gasteiger partial charge in [-0.25, -0.2) is 0 Å². The normalized spacial score (nSPS) is 12.9. The molecule has 0 bridgehead atoms. The molecule has 60 valence electrons. The first-order valence-corrected chi connectivity index (χ1v) is 5.19. The van der Waals surface area contributed by atoms with Gasteiger partial charge in [-0.15, -0.1) is 0 Å². The summed E-state index contributed by atoms with van der Waals surface area (Å²) >= 11 is 0. The fourth-order valence-electron chi connectivity index (χ4n) is 1.01. The van der Waals surface area contributed by atoms with E-state index in [-0.39, 0.29) is 8.15 Å². The van der Waals surface area contributed by atoms with Gasteiger partial charge in [-0.3, -0.25) is 0 Å².